The highest BCUT2D eigenvalue weighted by Gasteiger charge is 2.30. The largest absolute Gasteiger partial charge is 0.349 e. The van der Waals surface area contributed by atoms with Crippen LogP contribution in [0.2, 0.25) is 0 Å². The molecule has 0 aliphatic heterocycles. The lowest BCUT2D eigenvalue weighted by Crippen LogP contribution is -2.35. The van der Waals surface area contributed by atoms with Gasteiger partial charge in [0.25, 0.3) is 17.4 Å². The van der Waals surface area contributed by atoms with Gasteiger partial charge in [-0.2, -0.15) is 0 Å². The summed E-state index contributed by atoms with van der Waals surface area (Å²) < 4.78 is 16.1. The lowest BCUT2D eigenvalue weighted by Gasteiger charge is -2.28. The molecule has 2 N–H and O–H groups in total. The second-order valence-electron chi connectivity index (χ2n) is 9.92. The third kappa shape index (κ3) is 5.66. The minimum Gasteiger partial charge on any atom is -0.349 e. The molecule has 0 radical (unpaired) electrons. The molecule has 1 heterocycles. The Morgan fingerprint density at radius 1 is 1.18 bits per heavy atom. The van der Waals surface area contributed by atoms with Gasteiger partial charge in [0.15, 0.2) is 0 Å². The highest BCUT2D eigenvalue weighted by Crippen LogP contribution is 2.36. The number of hydrogen-bond donors (Lipinski definition) is 2. The van der Waals surface area contributed by atoms with Crippen LogP contribution in [-0.4, -0.2) is 47.3 Å². The van der Waals surface area contributed by atoms with E-state index in [4.69, 9.17) is 0 Å². The van der Waals surface area contributed by atoms with Gasteiger partial charge in [-0.25, -0.2) is 4.39 Å². The summed E-state index contributed by atoms with van der Waals surface area (Å²) in [7, 11) is 3.02. The van der Waals surface area contributed by atoms with Crippen molar-refractivity contribution in [1.82, 2.24) is 14.8 Å². The third-order valence-corrected chi connectivity index (χ3v) is 6.78. The van der Waals surface area contributed by atoms with Gasteiger partial charge in [0.05, 0.1) is 11.4 Å². The first-order valence-corrected chi connectivity index (χ1v) is 12.9. The fourth-order valence-electron chi connectivity index (χ4n) is 4.42. The molecule has 9 nitrogen and oxygen atoms in total. The molecule has 10 heteroatoms. The molecular formula is C30H32FN5O4. The van der Waals surface area contributed by atoms with Crippen molar-refractivity contribution in [3.05, 3.63) is 93.5 Å². The molecule has 0 atom stereocenters. The molecule has 0 saturated heterocycles. The topological polar surface area (TPSA) is 104 Å². The van der Waals surface area contributed by atoms with E-state index < -0.39 is 17.3 Å². The van der Waals surface area contributed by atoms with Gasteiger partial charge in [0.2, 0.25) is 6.41 Å². The second-order valence-corrected chi connectivity index (χ2v) is 9.92. The van der Waals surface area contributed by atoms with E-state index in [1.807, 2.05) is 0 Å². The van der Waals surface area contributed by atoms with E-state index in [-0.39, 0.29) is 52.5 Å². The zero-order chi connectivity index (χ0) is 29.1. The summed E-state index contributed by atoms with van der Waals surface area (Å²) in [5, 5.41) is 5.83. The molecule has 0 spiro atoms. The first-order chi connectivity index (χ1) is 19.1. The van der Waals surface area contributed by atoms with E-state index in [9.17, 15) is 23.6 Å². The summed E-state index contributed by atoms with van der Waals surface area (Å²) in [6, 6.07) is 11.0. The summed E-state index contributed by atoms with van der Waals surface area (Å²) in [5.74, 6) is -1.38. The van der Waals surface area contributed by atoms with Gasteiger partial charge >= 0.3 is 0 Å². The molecule has 0 bridgehead atoms. The van der Waals surface area contributed by atoms with Crippen molar-refractivity contribution >= 4 is 41.1 Å². The number of rotatable bonds is 10. The zero-order valence-electron chi connectivity index (χ0n) is 23.0. The van der Waals surface area contributed by atoms with E-state index in [0.29, 0.717) is 17.5 Å². The number of benzene rings is 2. The predicted octanol–water partition coefficient (Wildman–Crippen LogP) is 4.33. The van der Waals surface area contributed by atoms with E-state index >= 15 is 0 Å². The molecule has 1 aromatic heterocycles. The molecule has 4 rings (SSSR count). The van der Waals surface area contributed by atoms with E-state index in [1.54, 1.807) is 44.3 Å². The van der Waals surface area contributed by atoms with Crippen LogP contribution in [0.1, 0.15) is 44.7 Å². The average molecular weight is 546 g/mol. The minimum atomic E-state index is -0.575. The second kappa shape index (κ2) is 11.6. The van der Waals surface area contributed by atoms with Crippen molar-refractivity contribution in [1.29, 1.82) is 0 Å². The van der Waals surface area contributed by atoms with Gasteiger partial charge in [-0.15, -0.1) is 6.58 Å². The summed E-state index contributed by atoms with van der Waals surface area (Å²) in [6.45, 7) is 7.12. The fourth-order valence-corrected chi connectivity index (χ4v) is 4.42. The molecule has 208 valence electrons. The van der Waals surface area contributed by atoms with Crippen LogP contribution in [0.5, 0.6) is 0 Å². The van der Waals surface area contributed by atoms with Crippen molar-refractivity contribution in [2.24, 2.45) is 7.05 Å². The number of nitrogens with zero attached hydrogens (tertiary/aromatic N) is 3. The molecule has 40 heavy (non-hydrogen) atoms. The van der Waals surface area contributed by atoms with Gasteiger partial charge in [0.1, 0.15) is 17.2 Å². The summed E-state index contributed by atoms with van der Waals surface area (Å²) in [6.07, 6.45) is 3.86. The molecule has 1 aliphatic carbocycles. The molecule has 1 fully saturated rings. The molecule has 1 saturated carbocycles. The number of hydrogen-bond acceptors (Lipinski definition) is 5. The van der Waals surface area contributed by atoms with Gasteiger partial charge in [0, 0.05) is 43.5 Å². The van der Waals surface area contributed by atoms with Crippen LogP contribution in [-0.2, 0) is 11.8 Å². The van der Waals surface area contributed by atoms with Crippen LogP contribution in [0.25, 0.3) is 0 Å². The molecule has 2 aromatic carbocycles. The van der Waals surface area contributed by atoms with Crippen LogP contribution >= 0.6 is 0 Å². The number of aryl methyl sites for hydroxylation is 1. The molecule has 0 unspecified atom stereocenters. The van der Waals surface area contributed by atoms with Crippen LogP contribution in [0.4, 0.5) is 27.3 Å². The summed E-state index contributed by atoms with van der Waals surface area (Å²) in [4.78, 5) is 55.3. The highest BCUT2D eigenvalue weighted by atomic mass is 19.1. The number of anilines is 4. The fraction of sp³-hybridized carbons (Fsp3) is 0.267. The van der Waals surface area contributed by atoms with Crippen LogP contribution in [0.15, 0.2) is 59.9 Å². The number of amides is 3. The number of nitrogens with one attached hydrogen (secondary N) is 2. The average Bonchev–Trinajstić information content (AvgIpc) is 3.75. The van der Waals surface area contributed by atoms with Gasteiger partial charge < -0.3 is 15.5 Å². The van der Waals surface area contributed by atoms with Crippen molar-refractivity contribution in [2.45, 2.75) is 32.7 Å². The number of aromatic nitrogens is 1. The first-order valence-electron chi connectivity index (χ1n) is 12.9. The minimum absolute atomic E-state index is 0.00347. The monoisotopic (exact) mass is 545 g/mol. The Bertz CT molecular complexity index is 1560. The number of likely N-dealkylation sites (N-methyl/N-ethyl adjacent to an activating group) is 1. The van der Waals surface area contributed by atoms with Crippen LogP contribution in [0.3, 0.4) is 0 Å². The van der Waals surface area contributed by atoms with Crippen molar-refractivity contribution in [2.75, 3.05) is 23.8 Å². The molecule has 3 aromatic rings. The van der Waals surface area contributed by atoms with Crippen LogP contribution in [0, 0.1) is 19.7 Å². The van der Waals surface area contributed by atoms with E-state index in [0.717, 1.165) is 17.7 Å². The van der Waals surface area contributed by atoms with Crippen molar-refractivity contribution in [3.63, 3.8) is 0 Å². The molecule has 3 amide bonds. The molecular weight excluding hydrogens is 513 g/mol. The molecule has 1 aliphatic rings. The quantitative estimate of drug-likeness (QED) is 0.292. The Morgan fingerprint density at radius 3 is 2.52 bits per heavy atom. The lowest BCUT2D eigenvalue weighted by atomic mass is 10.0. The maximum atomic E-state index is 14.9. The van der Waals surface area contributed by atoms with Crippen molar-refractivity contribution < 1.29 is 18.8 Å². The Labute approximate surface area is 231 Å². The number of pyridine rings is 1. The number of halogens is 1. The number of carbonyl (C=O) groups excluding carboxylic acids is 3. The van der Waals surface area contributed by atoms with Gasteiger partial charge in [-0.05, 0) is 62.6 Å². The van der Waals surface area contributed by atoms with Crippen LogP contribution < -0.4 is 21.1 Å². The smallest absolute Gasteiger partial charge is 0.259 e. The predicted molar refractivity (Wildman–Crippen MR) is 153 cm³/mol. The Balaban J connectivity index is 1.94. The summed E-state index contributed by atoms with van der Waals surface area (Å²) in [5.41, 5.74) is 0.971. The Hall–Kier alpha value is -4.73. The zero-order valence-corrected chi connectivity index (χ0v) is 23.0. The van der Waals surface area contributed by atoms with Crippen molar-refractivity contribution in [3.8, 4) is 0 Å². The van der Waals surface area contributed by atoms with Gasteiger partial charge in [-0.3, -0.25) is 28.6 Å². The third-order valence-electron chi connectivity index (χ3n) is 6.78. The normalized spacial score (nSPS) is 12.4. The first kappa shape index (κ1) is 28.3. The lowest BCUT2D eigenvalue weighted by molar-refractivity contribution is -0.106. The Morgan fingerprint density at radius 2 is 1.90 bits per heavy atom. The van der Waals surface area contributed by atoms with Gasteiger partial charge in [-0.1, -0.05) is 18.2 Å². The standard InChI is InChI=1S/C30H32FN5O4/c1-6-14-34(4)30(40)25-26(36(17-37)22-9-7-8-20(16-22)28(38)32-21-11-12-21)19(3)29(39)35(5)27(25)33-24-13-10-18(2)15-23(24)31/h6-10,13,15-17,21,33H,1,11-12,14H2,2-5H3,(H,32,38). The SMILES string of the molecule is C=CCN(C)C(=O)c1c(N(C=O)c2cccc(C(=O)NC3CC3)c2)c(C)c(=O)n(C)c1Nc1ccc(C)cc1F. The summed E-state index contributed by atoms with van der Waals surface area (Å²) >= 11 is 0. The maximum absolute atomic E-state index is 14.9. The van der Waals surface area contributed by atoms with E-state index in [1.165, 1.54) is 41.6 Å². The maximum Gasteiger partial charge on any atom is 0.259 e. The Kier molecular flexibility index (Phi) is 8.18. The highest BCUT2D eigenvalue weighted by molar-refractivity contribution is 6.09. The van der Waals surface area contributed by atoms with E-state index in [2.05, 4.69) is 17.2 Å². The number of carbonyl (C=O) groups is 3.